The number of nitrogens with one attached hydrogen (secondary N) is 1. The molecule has 0 bridgehead atoms. The molecular weight excluding hydrogens is 280 g/mol. The van der Waals surface area contributed by atoms with Crippen molar-refractivity contribution in [3.8, 4) is 5.75 Å². The first-order valence-corrected chi connectivity index (χ1v) is 7.86. The molecule has 22 heavy (non-hydrogen) atoms. The van der Waals surface area contributed by atoms with Gasteiger partial charge in [0.2, 0.25) is 11.8 Å². The highest BCUT2D eigenvalue weighted by Gasteiger charge is 2.44. The maximum atomic E-state index is 12.4. The Morgan fingerprint density at radius 3 is 2.77 bits per heavy atom. The Bertz CT molecular complexity index is 570. The molecule has 1 aromatic rings. The first-order chi connectivity index (χ1) is 10.6. The maximum Gasteiger partial charge on any atom is 0.227 e. The fraction of sp³-hybridized carbons (Fsp3) is 0.529. The SMILES string of the molecule is CCOc1ccc(CC(=O)N2CCC3(CNC(=O)C3)C2)cc1. The molecule has 0 aliphatic carbocycles. The van der Waals surface area contributed by atoms with E-state index in [0.29, 0.717) is 32.5 Å². The molecule has 2 saturated heterocycles. The molecule has 0 saturated carbocycles. The minimum atomic E-state index is -0.0223. The van der Waals surface area contributed by atoms with Crippen molar-refractivity contribution in [1.82, 2.24) is 10.2 Å². The topological polar surface area (TPSA) is 58.6 Å². The summed E-state index contributed by atoms with van der Waals surface area (Å²) < 4.78 is 5.40. The minimum absolute atomic E-state index is 0.0223. The van der Waals surface area contributed by atoms with Crippen LogP contribution in [0.15, 0.2) is 24.3 Å². The lowest BCUT2D eigenvalue weighted by atomic mass is 9.86. The summed E-state index contributed by atoms with van der Waals surface area (Å²) in [6.45, 7) is 4.75. The number of amides is 2. The van der Waals surface area contributed by atoms with Gasteiger partial charge >= 0.3 is 0 Å². The van der Waals surface area contributed by atoms with E-state index in [2.05, 4.69) is 5.32 Å². The van der Waals surface area contributed by atoms with Crippen LogP contribution in [-0.2, 0) is 16.0 Å². The Balaban J connectivity index is 1.57. The van der Waals surface area contributed by atoms with Crippen LogP contribution in [0.25, 0.3) is 0 Å². The van der Waals surface area contributed by atoms with Crippen molar-refractivity contribution < 1.29 is 14.3 Å². The van der Waals surface area contributed by atoms with Gasteiger partial charge in [-0.15, -0.1) is 0 Å². The highest BCUT2D eigenvalue weighted by molar-refractivity contribution is 5.81. The fourth-order valence-corrected chi connectivity index (χ4v) is 3.34. The van der Waals surface area contributed by atoms with Crippen LogP contribution in [0.3, 0.4) is 0 Å². The molecule has 118 valence electrons. The molecule has 2 aliphatic rings. The summed E-state index contributed by atoms with van der Waals surface area (Å²) in [6.07, 6.45) is 1.88. The summed E-state index contributed by atoms with van der Waals surface area (Å²) in [6, 6.07) is 7.68. The normalized spacial score (nSPS) is 23.9. The quantitative estimate of drug-likeness (QED) is 0.914. The number of carbonyl (C=O) groups is 2. The third-order valence-corrected chi connectivity index (χ3v) is 4.58. The second-order valence-electron chi connectivity index (χ2n) is 6.27. The Labute approximate surface area is 130 Å². The zero-order chi connectivity index (χ0) is 15.6. The van der Waals surface area contributed by atoms with Crippen molar-refractivity contribution in [3.05, 3.63) is 29.8 Å². The highest BCUT2D eigenvalue weighted by Crippen LogP contribution is 2.36. The molecule has 1 atom stereocenters. The number of ether oxygens (including phenoxy) is 1. The van der Waals surface area contributed by atoms with E-state index in [1.54, 1.807) is 0 Å². The van der Waals surface area contributed by atoms with Gasteiger partial charge in [0.05, 0.1) is 13.0 Å². The lowest BCUT2D eigenvalue weighted by Gasteiger charge is -2.21. The van der Waals surface area contributed by atoms with E-state index < -0.39 is 0 Å². The van der Waals surface area contributed by atoms with Crippen molar-refractivity contribution in [3.63, 3.8) is 0 Å². The predicted octanol–water partition coefficient (Wildman–Crippen LogP) is 1.37. The van der Waals surface area contributed by atoms with Gasteiger partial charge in [0.1, 0.15) is 5.75 Å². The molecule has 2 heterocycles. The Morgan fingerprint density at radius 2 is 2.14 bits per heavy atom. The van der Waals surface area contributed by atoms with E-state index in [-0.39, 0.29) is 17.2 Å². The summed E-state index contributed by atoms with van der Waals surface area (Å²) in [4.78, 5) is 25.8. The molecular formula is C17H22N2O3. The maximum absolute atomic E-state index is 12.4. The predicted molar refractivity (Wildman–Crippen MR) is 82.6 cm³/mol. The van der Waals surface area contributed by atoms with Crippen LogP contribution in [-0.4, -0.2) is 43.0 Å². The van der Waals surface area contributed by atoms with E-state index >= 15 is 0 Å². The van der Waals surface area contributed by atoms with Crippen LogP contribution < -0.4 is 10.1 Å². The second kappa shape index (κ2) is 5.99. The molecule has 0 radical (unpaired) electrons. The summed E-state index contributed by atoms with van der Waals surface area (Å²) >= 11 is 0. The Hall–Kier alpha value is -2.04. The van der Waals surface area contributed by atoms with Crippen LogP contribution in [0, 0.1) is 5.41 Å². The molecule has 2 fully saturated rings. The number of benzene rings is 1. The molecule has 1 unspecified atom stereocenters. The standard InChI is InChI=1S/C17H22N2O3/c1-2-22-14-5-3-13(4-6-14)9-16(21)19-8-7-17(12-19)10-15(20)18-11-17/h3-6H,2,7-12H2,1H3,(H,18,20). The Kier molecular flexibility index (Phi) is 4.05. The van der Waals surface area contributed by atoms with Crippen LogP contribution in [0.1, 0.15) is 25.3 Å². The number of hydrogen-bond donors (Lipinski definition) is 1. The molecule has 2 amide bonds. The molecule has 1 N–H and O–H groups in total. The van der Waals surface area contributed by atoms with Gasteiger partial charge in [0.25, 0.3) is 0 Å². The van der Waals surface area contributed by atoms with Gasteiger partial charge in [-0.2, -0.15) is 0 Å². The van der Waals surface area contributed by atoms with Crippen molar-refractivity contribution in [2.24, 2.45) is 5.41 Å². The molecule has 5 heteroatoms. The molecule has 2 aliphatic heterocycles. The van der Waals surface area contributed by atoms with Gasteiger partial charge in [-0.05, 0) is 31.0 Å². The first kappa shape index (κ1) is 14.9. The minimum Gasteiger partial charge on any atom is -0.494 e. The van der Waals surface area contributed by atoms with E-state index in [9.17, 15) is 9.59 Å². The van der Waals surface area contributed by atoms with E-state index in [4.69, 9.17) is 4.74 Å². The first-order valence-electron chi connectivity index (χ1n) is 7.86. The lowest BCUT2D eigenvalue weighted by Crippen LogP contribution is -2.34. The number of nitrogens with zero attached hydrogens (tertiary/aromatic N) is 1. The van der Waals surface area contributed by atoms with Crippen LogP contribution >= 0.6 is 0 Å². The van der Waals surface area contributed by atoms with Gasteiger partial charge in [-0.25, -0.2) is 0 Å². The molecule has 5 nitrogen and oxygen atoms in total. The largest absolute Gasteiger partial charge is 0.494 e. The number of hydrogen-bond acceptors (Lipinski definition) is 3. The van der Waals surface area contributed by atoms with Gasteiger partial charge in [-0.1, -0.05) is 12.1 Å². The van der Waals surface area contributed by atoms with E-state index in [0.717, 1.165) is 24.3 Å². The van der Waals surface area contributed by atoms with Crippen molar-refractivity contribution >= 4 is 11.8 Å². The third-order valence-electron chi connectivity index (χ3n) is 4.58. The molecule has 3 rings (SSSR count). The monoisotopic (exact) mass is 302 g/mol. The number of rotatable bonds is 4. The summed E-state index contributed by atoms with van der Waals surface area (Å²) in [5.41, 5.74) is 0.973. The average Bonchev–Trinajstić information content (AvgIpc) is 3.08. The summed E-state index contributed by atoms with van der Waals surface area (Å²) in [7, 11) is 0. The Morgan fingerprint density at radius 1 is 1.36 bits per heavy atom. The second-order valence-corrected chi connectivity index (χ2v) is 6.27. The van der Waals surface area contributed by atoms with E-state index in [1.165, 1.54) is 0 Å². The van der Waals surface area contributed by atoms with Gasteiger partial charge in [0.15, 0.2) is 0 Å². The van der Waals surface area contributed by atoms with Crippen LogP contribution in [0.5, 0.6) is 5.75 Å². The van der Waals surface area contributed by atoms with Gasteiger partial charge in [-0.3, -0.25) is 9.59 Å². The smallest absolute Gasteiger partial charge is 0.227 e. The van der Waals surface area contributed by atoms with Crippen molar-refractivity contribution in [2.45, 2.75) is 26.2 Å². The zero-order valence-electron chi connectivity index (χ0n) is 12.9. The van der Waals surface area contributed by atoms with Gasteiger partial charge in [0, 0.05) is 31.5 Å². The summed E-state index contributed by atoms with van der Waals surface area (Å²) in [5, 5.41) is 2.89. The number of likely N-dealkylation sites (tertiary alicyclic amines) is 1. The highest BCUT2D eigenvalue weighted by atomic mass is 16.5. The lowest BCUT2D eigenvalue weighted by molar-refractivity contribution is -0.130. The van der Waals surface area contributed by atoms with Gasteiger partial charge < -0.3 is 15.0 Å². The van der Waals surface area contributed by atoms with Crippen LogP contribution in [0.2, 0.25) is 0 Å². The fourth-order valence-electron chi connectivity index (χ4n) is 3.34. The van der Waals surface area contributed by atoms with Crippen molar-refractivity contribution in [1.29, 1.82) is 0 Å². The molecule has 1 aromatic carbocycles. The molecule has 1 spiro atoms. The summed E-state index contributed by atoms with van der Waals surface area (Å²) in [5.74, 6) is 1.08. The molecule has 0 aromatic heterocycles. The van der Waals surface area contributed by atoms with E-state index in [1.807, 2.05) is 36.1 Å². The average molecular weight is 302 g/mol. The van der Waals surface area contributed by atoms with Crippen molar-refractivity contribution in [2.75, 3.05) is 26.2 Å². The number of carbonyl (C=O) groups excluding carboxylic acids is 2. The van der Waals surface area contributed by atoms with Crippen LogP contribution in [0.4, 0.5) is 0 Å². The zero-order valence-corrected chi connectivity index (χ0v) is 12.9. The third kappa shape index (κ3) is 3.08.